The van der Waals surface area contributed by atoms with E-state index in [1.807, 2.05) is 0 Å². The summed E-state index contributed by atoms with van der Waals surface area (Å²) < 4.78 is 34.6. The van der Waals surface area contributed by atoms with Gasteiger partial charge in [-0.15, -0.1) is 11.6 Å². The summed E-state index contributed by atoms with van der Waals surface area (Å²) in [6.07, 6.45) is -5.41. The molecule has 0 aromatic rings. The molecule has 70 valence electrons. The second-order valence-corrected chi connectivity index (χ2v) is 2.42. The van der Waals surface area contributed by atoms with Crippen molar-refractivity contribution in [2.45, 2.75) is 19.0 Å². The van der Waals surface area contributed by atoms with Gasteiger partial charge in [-0.1, -0.05) is 0 Å². The summed E-state index contributed by atoms with van der Waals surface area (Å²) in [6, 6.07) is 0. The van der Waals surface area contributed by atoms with E-state index in [9.17, 15) is 22.8 Å². The van der Waals surface area contributed by atoms with Crippen molar-refractivity contribution < 1.29 is 22.8 Å². The standard InChI is InChI=1S/C6H6ClF3O2/c7-3-1-2-4(11)5(12)6(8,9)10/h1-3H2. The lowest BCUT2D eigenvalue weighted by atomic mass is 10.1. The van der Waals surface area contributed by atoms with E-state index in [0.29, 0.717) is 0 Å². The average molecular weight is 203 g/mol. The summed E-state index contributed by atoms with van der Waals surface area (Å²) in [5.74, 6) is -3.66. The first-order valence-corrected chi connectivity index (χ1v) is 3.63. The van der Waals surface area contributed by atoms with E-state index in [1.54, 1.807) is 0 Å². The minimum atomic E-state index is -5.05. The first-order chi connectivity index (χ1) is 5.39. The topological polar surface area (TPSA) is 34.1 Å². The van der Waals surface area contributed by atoms with Crippen molar-refractivity contribution in [2.24, 2.45) is 0 Å². The number of ketones is 2. The fourth-order valence-corrected chi connectivity index (χ4v) is 0.633. The summed E-state index contributed by atoms with van der Waals surface area (Å²) in [5, 5.41) is 0. The molecular weight excluding hydrogens is 197 g/mol. The Morgan fingerprint density at radius 1 is 1.25 bits per heavy atom. The molecule has 0 aliphatic rings. The van der Waals surface area contributed by atoms with Gasteiger partial charge in [0.1, 0.15) is 0 Å². The van der Waals surface area contributed by atoms with E-state index >= 15 is 0 Å². The smallest absolute Gasteiger partial charge is 0.291 e. The molecule has 0 saturated carbocycles. The van der Waals surface area contributed by atoms with Crippen molar-refractivity contribution in [3.63, 3.8) is 0 Å². The van der Waals surface area contributed by atoms with Crippen LogP contribution in [0.15, 0.2) is 0 Å². The summed E-state index contributed by atoms with van der Waals surface area (Å²) in [7, 11) is 0. The molecule has 0 aliphatic heterocycles. The predicted molar refractivity (Wildman–Crippen MR) is 36.0 cm³/mol. The van der Waals surface area contributed by atoms with Crippen LogP contribution in [0.3, 0.4) is 0 Å². The molecule has 0 bridgehead atoms. The van der Waals surface area contributed by atoms with Crippen LogP contribution in [0.25, 0.3) is 0 Å². The minimum Gasteiger partial charge on any atom is -0.291 e. The molecule has 12 heavy (non-hydrogen) atoms. The van der Waals surface area contributed by atoms with Crippen LogP contribution in [-0.2, 0) is 9.59 Å². The van der Waals surface area contributed by atoms with E-state index in [1.165, 1.54) is 0 Å². The quantitative estimate of drug-likeness (QED) is 0.514. The van der Waals surface area contributed by atoms with Gasteiger partial charge in [0.15, 0.2) is 0 Å². The van der Waals surface area contributed by atoms with Gasteiger partial charge >= 0.3 is 12.0 Å². The Kier molecular flexibility index (Phi) is 4.23. The van der Waals surface area contributed by atoms with Gasteiger partial charge in [0, 0.05) is 12.3 Å². The maximum atomic E-state index is 11.5. The minimum absolute atomic E-state index is 0.0663. The summed E-state index contributed by atoms with van der Waals surface area (Å²) >= 11 is 5.12. The zero-order chi connectivity index (χ0) is 9.78. The molecule has 0 spiro atoms. The lowest BCUT2D eigenvalue weighted by Gasteiger charge is -2.02. The fraction of sp³-hybridized carbons (Fsp3) is 0.667. The van der Waals surface area contributed by atoms with Gasteiger partial charge < -0.3 is 0 Å². The zero-order valence-electron chi connectivity index (χ0n) is 5.95. The summed E-state index contributed by atoms with van der Waals surface area (Å²) in [4.78, 5) is 20.6. The Bertz CT molecular complexity index is 188. The highest BCUT2D eigenvalue weighted by atomic mass is 35.5. The van der Waals surface area contributed by atoms with Crippen LogP contribution >= 0.6 is 11.6 Å². The molecule has 0 unspecified atom stereocenters. The monoisotopic (exact) mass is 202 g/mol. The Morgan fingerprint density at radius 3 is 2.08 bits per heavy atom. The third kappa shape index (κ3) is 3.71. The van der Waals surface area contributed by atoms with Crippen molar-refractivity contribution in [2.75, 3.05) is 5.88 Å². The van der Waals surface area contributed by atoms with Gasteiger partial charge in [-0.2, -0.15) is 13.2 Å². The highest BCUT2D eigenvalue weighted by Gasteiger charge is 2.42. The van der Waals surface area contributed by atoms with Crippen molar-refractivity contribution in [3.8, 4) is 0 Å². The first kappa shape index (κ1) is 11.4. The van der Waals surface area contributed by atoms with Gasteiger partial charge in [0.2, 0.25) is 5.78 Å². The van der Waals surface area contributed by atoms with Gasteiger partial charge in [-0.3, -0.25) is 9.59 Å². The Morgan fingerprint density at radius 2 is 1.75 bits per heavy atom. The van der Waals surface area contributed by atoms with E-state index in [4.69, 9.17) is 11.6 Å². The fourth-order valence-electron chi connectivity index (χ4n) is 0.499. The molecular formula is C6H6ClF3O2. The molecule has 0 heterocycles. The Labute approximate surface area is 71.7 Å². The average Bonchev–Trinajstić information content (AvgIpc) is 1.97. The number of carbonyl (C=O) groups is 2. The van der Waals surface area contributed by atoms with Gasteiger partial charge in [0.05, 0.1) is 0 Å². The van der Waals surface area contributed by atoms with Crippen LogP contribution in [-0.4, -0.2) is 23.6 Å². The largest absolute Gasteiger partial charge is 0.458 e. The van der Waals surface area contributed by atoms with Crippen molar-refractivity contribution in [3.05, 3.63) is 0 Å². The maximum Gasteiger partial charge on any atom is 0.458 e. The zero-order valence-corrected chi connectivity index (χ0v) is 6.71. The second-order valence-electron chi connectivity index (χ2n) is 2.04. The van der Waals surface area contributed by atoms with Crippen molar-refractivity contribution >= 4 is 23.2 Å². The van der Waals surface area contributed by atoms with Crippen molar-refractivity contribution in [1.29, 1.82) is 0 Å². The van der Waals surface area contributed by atoms with Crippen LogP contribution < -0.4 is 0 Å². The van der Waals surface area contributed by atoms with Crippen LogP contribution in [0.4, 0.5) is 13.2 Å². The van der Waals surface area contributed by atoms with E-state index in [0.717, 1.165) is 0 Å². The number of carbonyl (C=O) groups excluding carboxylic acids is 2. The van der Waals surface area contributed by atoms with E-state index in [2.05, 4.69) is 0 Å². The SMILES string of the molecule is O=C(CCCCl)C(=O)C(F)(F)F. The molecule has 0 radical (unpaired) electrons. The summed E-state index contributed by atoms with van der Waals surface area (Å²) in [6.45, 7) is 0. The number of hydrogen-bond donors (Lipinski definition) is 0. The molecule has 0 rings (SSSR count). The van der Waals surface area contributed by atoms with Gasteiger partial charge in [-0.05, 0) is 6.42 Å². The normalized spacial score (nSPS) is 11.3. The number of Topliss-reactive ketones (excluding diaryl/α,β-unsaturated/α-hetero) is 2. The second kappa shape index (κ2) is 4.45. The lowest BCUT2D eigenvalue weighted by Crippen LogP contribution is -2.30. The molecule has 0 aromatic carbocycles. The number of halogens is 4. The third-order valence-corrected chi connectivity index (χ3v) is 1.32. The molecule has 0 amide bonds. The Hall–Kier alpha value is -0.580. The van der Waals surface area contributed by atoms with Crippen LogP contribution in [0.1, 0.15) is 12.8 Å². The Balaban J connectivity index is 4.04. The van der Waals surface area contributed by atoms with Gasteiger partial charge in [0.25, 0.3) is 0 Å². The molecule has 0 saturated heterocycles. The van der Waals surface area contributed by atoms with E-state index < -0.39 is 24.2 Å². The highest BCUT2D eigenvalue weighted by molar-refractivity contribution is 6.39. The first-order valence-electron chi connectivity index (χ1n) is 3.10. The molecule has 0 N–H and O–H groups in total. The molecule has 0 atom stereocenters. The molecule has 2 nitrogen and oxygen atoms in total. The lowest BCUT2D eigenvalue weighted by molar-refractivity contribution is -0.174. The van der Waals surface area contributed by atoms with Gasteiger partial charge in [-0.25, -0.2) is 0 Å². The molecule has 0 fully saturated rings. The molecule has 0 aromatic heterocycles. The highest BCUT2D eigenvalue weighted by Crippen LogP contribution is 2.17. The molecule has 6 heteroatoms. The van der Waals surface area contributed by atoms with Crippen LogP contribution in [0.5, 0.6) is 0 Å². The summed E-state index contributed by atoms with van der Waals surface area (Å²) in [5.41, 5.74) is 0. The predicted octanol–water partition coefficient (Wildman–Crippen LogP) is 1.71. The van der Waals surface area contributed by atoms with Crippen LogP contribution in [0, 0.1) is 0 Å². The maximum absolute atomic E-state index is 11.5. The number of rotatable bonds is 4. The third-order valence-electron chi connectivity index (χ3n) is 1.05. The number of hydrogen-bond acceptors (Lipinski definition) is 2. The number of alkyl halides is 4. The van der Waals surface area contributed by atoms with Crippen molar-refractivity contribution in [1.82, 2.24) is 0 Å². The van der Waals surface area contributed by atoms with E-state index in [-0.39, 0.29) is 12.3 Å². The molecule has 0 aliphatic carbocycles. The van der Waals surface area contributed by atoms with Crippen LogP contribution in [0.2, 0.25) is 0 Å².